The van der Waals surface area contributed by atoms with Gasteiger partial charge in [0.2, 0.25) is 5.91 Å². The molecule has 5 atom stereocenters. The highest BCUT2D eigenvalue weighted by molar-refractivity contribution is 6.06. The first-order valence-electron chi connectivity index (χ1n) is 12.7. The van der Waals surface area contributed by atoms with Crippen molar-refractivity contribution in [3.63, 3.8) is 0 Å². The van der Waals surface area contributed by atoms with Gasteiger partial charge in [-0.1, -0.05) is 12.1 Å². The Hall–Kier alpha value is -3.57. The number of halogens is 3. The summed E-state index contributed by atoms with van der Waals surface area (Å²) in [4.78, 5) is 30.2. The molecule has 0 unspecified atom stereocenters. The van der Waals surface area contributed by atoms with E-state index in [9.17, 15) is 33.0 Å². The topological polar surface area (TPSA) is 99.5 Å². The summed E-state index contributed by atoms with van der Waals surface area (Å²) < 4.78 is 48.0. The molecule has 1 amide bonds. The minimum absolute atomic E-state index is 0.126. The molecule has 2 bridgehead atoms. The van der Waals surface area contributed by atoms with Crippen molar-refractivity contribution in [3.8, 4) is 17.2 Å². The predicted octanol–water partition coefficient (Wildman–Crippen LogP) is 3.26. The fraction of sp³-hybridized carbons (Fsp3) is 0.429. The third-order valence-electron chi connectivity index (χ3n) is 8.88. The number of aromatic hydroxyl groups is 1. The molecule has 2 aliphatic carbocycles. The number of rotatable bonds is 4. The minimum atomic E-state index is -4.83. The SMILES string of the molecule is CN1CC[C@]23c4c5ccc(O)c4O[C@H]2[C@@H](N(C)C(=O)C=Cc2cccc(OC(F)(F)F)c2)CC[C@@]3(O)[C@H]1C5=O. The van der Waals surface area contributed by atoms with Crippen LogP contribution >= 0.6 is 0 Å². The molecule has 2 aromatic rings. The summed E-state index contributed by atoms with van der Waals surface area (Å²) in [6, 6.07) is 7.01. The molecular weight excluding hydrogens is 517 g/mol. The number of benzene rings is 2. The first kappa shape index (κ1) is 25.7. The molecule has 2 aliphatic heterocycles. The average Bonchev–Trinajstić information content (AvgIpc) is 3.22. The van der Waals surface area contributed by atoms with Gasteiger partial charge in [-0.15, -0.1) is 13.2 Å². The second kappa shape index (κ2) is 8.46. The van der Waals surface area contributed by atoms with Crippen LogP contribution in [-0.2, 0) is 10.2 Å². The van der Waals surface area contributed by atoms with Crippen molar-refractivity contribution in [2.45, 2.75) is 54.8 Å². The normalized spacial score (nSPS) is 31.1. The number of carbonyl (C=O) groups is 2. The van der Waals surface area contributed by atoms with E-state index < -0.39 is 47.2 Å². The van der Waals surface area contributed by atoms with E-state index in [1.54, 1.807) is 19.2 Å². The quantitative estimate of drug-likeness (QED) is 0.571. The Labute approximate surface area is 222 Å². The van der Waals surface area contributed by atoms with Crippen LogP contribution in [0.3, 0.4) is 0 Å². The molecule has 39 heavy (non-hydrogen) atoms. The lowest BCUT2D eigenvalue weighted by Crippen LogP contribution is -2.79. The number of hydrogen-bond acceptors (Lipinski definition) is 7. The Morgan fingerprint density at radius 3 is 2.77 bits per heavy atom. The maximum Gasteiger partial charge on any atom is 0.573 e. The molecule has 2 N–H and O–H groups in total. The van der Waals surface area contributed by atoms with Gasteiger partial charge in [0.05, 0.1) is 11.5 Å². The Morgan fingerprint density at radius 2 is 2.03 bits per heavy atom. The Kier molecular flexibility index (Phi) is 5.58. The molecule has 8 nitrogen and oxygen atoms in total. The van der Waals surface area contributed by atoms with E-state index in [0.29, 0.717) is 36.1 Å². The van der Waals surface area contributed by atoms with Crippen molar-refractivity contribution in [2.75, 3.05) is 20.6 Å². The molecule has 1 saturated carbocycles. The van der Waals surface area contributed by atoms with Crippen LogP contribution in [-0.4, -0.2) is 82.5 Å². The molecule has 11 heteroatoms. The number of alkyl halides is 3. The van der Waals surface area contributed by atoms with E-state index in [1.807, 2.05) is 11.9 Å². The predicted molar refractivity (Wildman–Crippen MR) is 132 cm³/mol. The summed E-state index contributed by atoms with van der Waals surface area (Å²) in [6.45, 7) is 0.522. The van der Waals surface area contributed by atoms with Gasteiger partial charge in [-0.3, -0.25) is 14.5 Å². The number of Topliss-reactive ketones (excluding diaryl/α,β-unsaturated/α-hetero) is 1. The highest BCUT2D eigenvalue weighted by Gasteiger charge is 2.75. The summed E-state index contributed by atoms with van der Waals surface area (Å²) in [6.07, 6.45) is -1.83. The molecule has 6 rings (SSSR count). The Bertz CT molecular complexity index is 1410. The van der Waals surface area contributed by atoms with Gasteiger partial charge in [-0.25, -0.2) is 0 Å². The van der Waals surface area contributed by atoms with E-state index >= 15 is 0 Å². The number of hydrogen-bond donors (Lipinski definition) is 2. The van der Waals surface area contributed by atoms with E-state index in [1.165, 1.54) is 41.3 Å². The number of piperidine rings is 1. The number of likely N-dealkylation sites (tertiary alicyclic amines) is 1. The van der Waals surface area contributed by atoms with Crippen LogP contribution in [0.4, 0.5) is 13.2 Å². The molecule has 2 fully saturated rings. The monoisotopic (exact) mass is 544 g/mol. The number of phenols is 1. The van der Waals surface area contributed by atoms with Crippen molar-refractivity contribution in [1.29, 1.82) is 0 Å². The van der Waals surface area contributed by atoms with Crippen LogP contribution in [0.2, 0.25) is 0 Å². The van der Waals surface area contributed by atoms with Crippen LogP contribution in [0.1, 0.15) is 40.7 Å². The van der Waals surface area contributed by atoms with Crippen molar-refractivity contribution in [2.24, 2.45) is 0 Å². The van der Waals surface area contributed by atoms with Gasteiger partial charge < -0.3 is 24.6 Å². The molecule has 1 spiro atoms. The first-order chi connectivity index (χ1) is 18.4. The summed E-state index contributed by atoms with van der Waals surface area (Å²) in [5, 5.41) is 22.9. The number of likely N-dealkylation sites (N-methyl/N-ethyl adjacent to an activating group) is 2. The van der Waals surface area contributed by atoms with Gasteiger partial charge in [-0.05, 0) is 68.8 Å². The zero-order chi connectivity index (χ0) is 27.9. The number of aliphatic hydroxyl groups is 1. The zero-order valence-corrected chi connectivity index (χ0v) is 21.2. The average molecular weight is 545 g/mol. The smallest absolute Gasteiger partial charge is 0.504 e. The van der Waals surface area contributed by atoms with Gasteiger partial charge in [0.15, 0.2) is 17.3 Å². The standard InChI is InChI=1S/C28H27F3N2O6/c1-32-13-12-26-21-17-7-8-19(34)23(21)38-25(26)18(10-11-27(26,37)24(32)22(17)36)33(2)20(35)9-6-15-4-3-5-16(14-15)39-28(29,30)31/h3-9,14,18,24-25,34,37H,10-13H2,1-2H3/t18-,24+,25-,26-,27+/m0/s1. The van der Waals surface area contributed by atoms with Gasteiger partial charge in [0, 0.05) is 24.3 Å². The second-order valence-corrected chi connectivity index (χ2v) is 10.8. The Balaban J connectivity index is 1.32. The molecule has 0 aromatic heterocycles. The maximum atomic E-state index is 13.5. The summed E-state index contributed by atoms with van der Waals surface area (Å²) in [5.41, 5.74) is -1.15. The van der Waals surface area contributed by atoms with Gasteiger partial charge in [0.1, 0.15) is 23.5 Å². The number of ether oxygens (including phenoxy) is 2. The van der Waals surface area contributed by atoms with Crippen LogP contribution in [0.15, 0.2) is 42.5 Å². The Morgan fingerprint density at radius 1 is 1.26 bits per heavy atom. The van der Waals surface area contributed by atoms with Crippen molar-refractivity contribution >= 4 is 17.8 Å². The van der Waals surface area contributed by atoms with Crippen molar-refractivity contribution in [1.82, 2.24) is 9.80 Å². The third kappa shape index (κ3) is 3.59. The van der Waals surface area contributed by atoms with Crippen molar-refractivity contribution in [3.05, 3.63) is 59.2 Å². The molecule has 1 saturated heterocycles. The van der Waals surface area contributed by atoms with E-state index in [0.717, 1.165) is 0 Å². The first-order valence-corrected chi connectivity index (χ1v) is 12.7. The van der Waals surface area contributed by atoms with Crippen LogP contribution in [0.5, 0.6) is 17.2 Å². The molecule has 2 heterocycles. The van der Waals surface area contributed by atoms with Crippen LogP contribution in [0.25, 0.3) is 6.08 Å². The molecule has 206 valence electrons. The zero-order valence-electron chi connectivity index (χ0n) is 21.2. The molecule has 4 aliphatic rings. The number of nitrogens with zero attached hydrogens (tertiary/aromatic N) is 2. The molecule has 2 aromatic carbocycles. The fourth-order valence-corrected chi connectivity index (χ4v) is 7.26. The van der Waals surface area contributed by atoms with E-state index in [4.69, 9.17) is 4.74 Å². The van der Waals surface area contributed by atoms with Crippen molar-refractivity contribution < 1.29 is 42.4 Å². The maximum absolute atomic E-state index is 13.5. The minimum Gasteiger partial charge on any atom is -0.504 e. The summed E-state index contributed by atoms with van der Waals surface area (Å²) in [7, 11) is 3.42. The molecule has 0 radical (unpaired) electrons. The number of amides is 1. The second-order valence-electron chi connectivity index (χ2n) is 10.8. The number of ketones is 1. The highest BCUT2D eigenvalue weighted by Crippen LogP contribution is 2.65. The lowest BCUT2D eigenvalue weighted by atomic mass is 9.48. The van der Waals surface area contributed by atoms with Crippen LogP contribution in [0, 0.1) is 0 Å². The summed E-state index contributed by atoms with van der Waals surface area (Å²) in [5.74, 6) is -0.967. The third-order valence-corrected chi connectivity index (χ3v) is 8.88. The van der Waals surface area contributed by atoms with E-state index in [2.05, 4.69) is 4.74 Å². The van der Waals surface area contributed by atoms with Crippen LogP contribution < -0.4 is 9.47 Å². The number of phenolic OH excluding ortho intramolecular Hbond substituents is 1. The number of carbonyl (C=O) groups excluding carboxylic acids is 2. The van der Waals surface area contributed by atoms with Gasteiger partial charge in [0.25, 0.3) is 0 Å². The molecular formula is C28H27F3N2O6. The lowest BCUT2D eigenvalue weighted by Gasteiger charge is -2.63. The lowest BCUT2D eigenvalue weighted by molar-refractivity contribution is -0.274. The largest absolute Gasteiger partial charge is 0.573 e. The van der Waals surface area contributed by atoms with Gasteiger partial charge in [-0.2, -0.15) is 0 Å². The fourth-order valence-electron chi connectivity index (χ4n) is 7.26. The van der Waals surface area contributed by atoms with Gasteiger partial charge >= 0.3 is 6.36 Å². The highest BCUT2D eigenvalue weighted by atomic mass is 19.4. The van der Waals surface area contributed by atoms with E-state index in [-0.39, 0.29) is 23.7 Å². The summed E-state index contributed by atoms with van der Waals surface area (Å²) >= 11 is 0.